The maximum atomic E-state index is 12.3. The van der Waals surface area contributed by atoms with Gasteiger partial charge in [0.1, 0.15) is 5.75 Å². The fourth-order valence-electron chi connectivity index (χ4n) is 2.63. The second-order valence-electron chi connectivity index (χ2n) is 5.71. The van der Waals surface area contributed by atoms with Crippen molar-refractivity contribution in [2.24, 2.45) is 7.05 Å². The summed E-state index contributed by atoms with van der Waals surface area (Å²) in [6.07, 6.45) is 5.30. The van der Waals surface area contributed by atoms with E-state index in [2.05, 4.69) is 20.7 Å². The first kappa shape index (κ1) is 16.8. The summed E-state index contributed by atoms with van der Waals surface area (Å²) >= 11 is 0. The molecule has 0 spiro atoms. The van der Waals surface area contributed by atoms with Gasteiger partial charge in [-0.15, -0.1) is 0 Å². The van der Waals surface area contributed by atoms with Crippen LogP contribution in [0.1, 0.15) is 25.5 Å². The Balaban J connectivity index is 1.78. The smallest absolute Gasteiger partial charge is 0.319 e. The van der Waals surface area contributed by atoms with E-state index in [9.17, 15) is 4.79 Å². The average molecular weight is 339 g/mol. The van der Waals surface area contributed by atoms with Crippen LogP contribution in [0, 0.1) is 0 Å². The zero-order valence-corrected chi connectivity index (χ0v) is 14.5. The Hall–Kier alpha value is -3.09. The summed E-state index contributed by atoms with van der Waals surface area (Å²) in [5.41, 5.74) is 2.26. The highest BCUT2D eigenvalue weighted by Gasteiger charge is 2.14. The highest BCUT2D eigenvalue weighted by atomic mass is 16.5. The number of amides is 2. The number of nitrogens with zero attached hydrogens (tertiary/aromatic N) is 3. The van der Waals surface area contributed by atoms with Crippen LogP contribution in [-0.2, 0) is 7.05 Å². The van der Waals surface area contributed by atoms with Gasteiger partial charge >= 0.3 is 6.03 Å². The first-order valence-corrected chi connectivity index (χ1v) is 8.15. The first-order valence-electron chi connectivity index (χ1n) is 8.15. The molecule has 0 aliphatic rings. The third-order valence-corrected chi connectivity index (χ3v) is 3.85. The normalized spacial score (nSPS) is 12.0. The van der Waals surface area contributed by atoms with Crippen LogP contribution in [0.25, 0.3) is 10.9 Å². The number of aryl methyl sites for hydroxylation is 1. The first-order chi connectivity index (χ1) is 12.1. The molecule has 0 saturated heterocycles. The molecule has 0 saturated carbocycles. The zero-order valence-electron chi connectivity index (χ0n) is 14.5. The maximum Gasteiger partial charge on any atom is 0.319 e. The van der Waals surface area contributed by atoms with Gasteiger partial charge < -0.3 is 15.4 Å². The van der Waals surface area contributed by atoms with Gasteiger partial charge in [-0.25, -0.2) is 4.79 Å². The van der Waals surface area contributed by atoms with E-state index in [1.165, 1.54) is 0 Å². The average Bonchev–Trinajstić information content (AvgIpc) is 3.04. The molecule has 0 radical (unpaired) electrons. The third kappa shape index (κ3) is 3.71. The lowest BCUT2D eigenvalue weighted by atomic mass is 10.1. The van der Waals surface area contributed by atoms with E-state index < -0.39 is 0 Å². The van der Waals surface area contributed by atoms with E-state index >= 15 is 0 Å². The molecular formula is C18H21N5O2. The SMILES string of the molecule is CCOc1ccc(NC(=O)N[C@H](C)c2cnn(C)c2)c2ncccc12. The van der Waals surface area contributed by atoms with Gasteiger partial charge in [0, 0.05) is 30.4 Å². The van der Waals surface area contributed by atoms with E-state index in [1.54, 1.807) is 23.1 Å². The number of urea groups is 1. The molecule has 0 fully saturated rings. The summed E-state index contributed by atoms with van der Waals surface area (Å²) in [5.74, 6) is 0.750. The van der Waals surface area contributed by atoms with E-state index in [-0.39, 0.29) is 12.1 Å². The molecule has 2 aromatic heterocycles. The van der Waals surface area contributed by atoms with Crippen LogP contribution in [0.2, 0.25) is 0 Å². The molecule has 0 aliphatic heterocycles. The van der Waals surface area contributed by atoms with Gasteiger partial charge in [-0.1, -0.05) is 0 Å². The summed E-state index contributed by atoms with van der Waals surface area (Å²) in [6.45, 7) is 4.41. The number of pyridine rings is 1. The van der Waals surface area contributed by atoms with Gasteiger partial charge in [0.2, 0.25) is 0 Å². The number of anilines is 1. The van der Waals surface area contributed by atoms with E-state index in [4.69, 9.17) is 4.74 Å². The summed E-state index contributed by atoms with van der Waals surface area (Å²) in [7, 11) is 1.84. The number of nitrogens with one attached hydrogen (secondary N) is 2. The molecular weight excluding hydrogens is 318 g/mol. The number of fused-ring (bicyclic) bond motifs is 1. The predicted molar refractivity (Wildman–Crippen MR) is 96.7 cm³/mol. The molecule has 3 rings (SSSR count). The summed E-state index contributed by atoms with van der Waals surface area (Å²) in [4.78, 5) is 16.7. The van der Waals surface area contributed by atoms with Crippen LogP contribution in [0.4, 0.5) is 10.5 Å². The summed E-state index contributed by atoms with van der Waals surface area (Å²) in [5, 5.41) is 10.7. The Morgan fingerprint density at radius 3 is 2.92 bits per heavy atom. The molecule has 130 valence electrons. The molecule has 2 amide bonds. The molecule has 0 bridgehead atoms. The number of hydrogen-bond donors (Lipinski definition) is 2. The summed E-state index contributed by atoms with van der Waals surface area (Å²) in [6, 6.07) is 6.96. The van der Waals surface area contributed by atoms with Gasteiger partial charge in [-0.2, -0.15) is 5.10 Å². The van der Waals surface area contributed by atoms with E-state index in [0.717, 1.165) is 16.7 Å². The quantitative estimate of drug-likeness (QED) is 0.748. The second-order valence-corrected chi connectivity index (χ2v) is 5.71. The molecule has 0 unspecified atom stereocenters. The van der Waals surface area contributed by atoms with Gasteiger partial charge in [0.05, 0.1) is 30.0 Å². The van der Waals surface area contributed by atoms with Crippen LogP contribution >= 0.6 is 0 Å². The Labute approximate surface area is 146 Å². The zero-order chi connectivity index (χ0) is 17.8. The minimum absolute atomic E-state index is 0.157. The molecule has 1 atom stereocenters. The minimum Gasteiger partial charge on any atom is -0.493 e. The van der Waals surface area contributed by atoms with Crippen molar-refractivity contribution in [2.75, 3.05) is 11.9 Å². The van der Waals surface area contributed by atoms with Crippen molar-refractivity contribution in [1.82, 2.24) is 20.1 Å². The highest BCUT2D eigenvalue weighted by Crippen LogP contribution is 2.30. The van der Waals surface area contributed by atoms with Crippen LogP contribution in [0.3, 0.4) is 0 Å². The van der Waals surface area contributed by atoms with Crippen molar-refractivity contribution in [2.45, 2.75) is 19.9 Å². The Morgan fingerprint density at radius 1 is 1.36 bits per heavy atom. The monoisotopic (exact) mass is 339 g/mol. The Bertz CT molecular complexity index is 890. The molecule has 7 nitrogen and oxygen atoms in total. The number of benzene rings is 1. The van der Waals surface area contributed by atoms with Crippen molar-refractivity contribution < 1.29 is 9.53 Å². The van der Waals surface area contributed by atoms with Gasteiger partial charge in [0.15, 0.2) is 0 Å². The maximum absolute atomic E-state index is 12.3. The fourth-order valence-corrected chi connectivity index (χ4v) is 2.63. The second kappa shape index (κ2) is 7.21. The van der Waals surface area contributed by atoms with Crippen LogP contribution in [0.5, 0.6) is 5.75 Å². The minimum atomic E-state index is -0.299. The van der Waals surface area contributed by atoms with Gasteiger partial charge in [-0.05, 0) is 38.1 Å². The molecule has 7 heteroatoms. The molecule has 3 aromatic rings. The van der Waals surface area contributed by atoms with E-state index in [1.807, 2.05) is 45.3 Å². The number of aromatic nitrogens is 3. The molecule has 1 aromatic carbocycles. The highest BCUT2D eigenvalue weighted by molar-refractivity contribution is 6.01. The third-order valence-electron chi connectivity index (χ3n) is 3.85. The Morgan fingerprint density at radius 2 is 2.20 bits per heavy atom. The number of carbonyl (C=O) groups excluding carboxylic acids is 1. The standard InChI is InChI=1S/C18H21N5O2/c1-4-25-16-8-7-15(17-14(16)6-5-9-19-17)22-18(24)21-12(2)13-10-20-23(3)11-13/h5-12H,4H2,1-3H3,(H2,21,22,24)/t12-/m1/s1. The topological polar surface area (TPSA) is 81.1 Å². The molecule has 2 N–H and O–H groups in total. The molecule has 0 aliphatic carbocycles. The lowest BCUT2D eigenvalue weighted by molar-refractivity contribution is 0.249. The number of ether oxygens (including phenoxy) is 1. The number of hydrogen-bond acceptors (Lipinski definition) is 4. The van der Waals surface area contributed by atoms with Crippen molar-refractivity contribution >= 4 is 22.6 Å². The van der Waals surface area contributed by atoms with Crippen LogP contribution in [-0.4, -0.2) is 27.4 Å². The molecule has 2 heterocycles. The van der Waals surface area contributed by atoms with E-state index in [0.29, 0.717) is 17.8 Å². The van der Waals surface area contributed by atoms with Crippen LogP contribution < -0.4 is 15.4 Å². The van der Waals surface area contributed by atoms with Crippen molar-refractivity contribution in [3.63, 3.8) is 0 Å². The lowest BCUT2D eigenvalue weighted by Gasteiger charge is -2.15. The van der Waals surface area contributed by atoms with Crippen LogP contribution in [0.15, 0.2) is 42.9 Å². The number of rotatable bonds is 5. The van der Waals surface area contributed by atoms with Gasteiger partial charge in [0.25, 0.3) is 0 Å². The van der Waals surface area contributed by atoms with Crippen molar-refractivity contribution in [3.05, 3.63) is 48.4 Å². The lowest BCUT2D eigenvalue weighted by Crippen LogP contribution is -2.31. The fraction of sp³-hybridized carbons (Fsp3) is 0.278. The largest absolute Gasteiger partial charge is 0.493 e. The predicted octanol–water partition coefficient (Wildman–Crippen LogP) is 3.25. The Kier molecular flexibility index (Phi) is 4.83. The summed E-state index contributed by atoms with van der Waals surface area (Å²) < 4.78 is 7.33. The van der Waals surface area contributed by atoms with Gasteiger partial charge in [-0.3, -0.25) is 9.67 Å². The number of carbonyl (C=O) groups is 1. The van der Waals surface area contributed by atoms with Crippen molar-refractivity contribution in [3.8, 4) is 5.75 Å². The van der Waals surface area contributed by atoms with Crippen molar-refractivity contribution in [1.29, 1.82) is 0 Å². The molecule has 25 heavy (non-hydrogen) atoms.